The highest BCUT2D eigenvalue weighted by Crippen LogP contribution is 2.09. The highest BCUT2D eigenvalue weighted by Gasteiger charge is 2.03. The highest BCUT2D eigenvalue weighted by atomic mass is 32.2. The van der Waals surface area contributed by atoms with Crippen LogP contribution in [0.5, 0.6) is 0 Å². The van der Waals surface area contributed by atoms with Gasteiger partial charge in [0, 0.05) is 44.6 Å². The van der Waals surface area contributed by atoms with Crippen molar-refractivity contribution in [3.63, 3.8) is 0 Å². The minimum atomic E-state index is 0.330. The van der Waals surface area contributed by atoms with Crippen molar-refractivity contribution < 1.29 is 14.3 Å². The second kappa shape index (κ2) is 17.4. The largest absolute Gasteiger partial charge is 0.381 e. The summed E-state index contributed by atoms with van der Waals surface area (Å²) in [6.45, 7) is 3.29. The van der Waals surface area contributed by atoms with Crippen LogP contribution in [-0.4, -0.2) is 48.3 Å². The molecule has 0 rings (SSSR count). The minimum Gasteiger partial charge on any atom is -0.381 e. The van der Waals surface area contributed by atoms with Crippen molar-refractivity contribution in [2.45, 2.75) is 58.3 Å². The Morgan fingerprint density at radius 3 is 2.05 bits per heavy atom. The van der Waals surface area contributed by atoms with Gasteiger partial charge in [0.1, 0.15) is 11.6 Å². The maximum absolute atomic E-state index is 11.7. The summed E-state index contributed by atoms with van der Waals surface area (Å²) >= 11 is 3.76. The van der Waals surface area contributed by atoms with Gasteiger partial charge in [-0.3, -0.25) is 9.59 Å². The van der Waals surface area contributed by atoms with Gasteiger partial charge in [0.2, 0.25) is 0 Å². The summed E-state index contributed by atoms with van der Waals surface area (Å²) in [6, 6.07) is 0. The Morgan fingerprint density at radius 2 is 1.45 bits per heavy atom. The summed E-state index contributed by atoms with van der Waals surface area (Å²) in [7, 11) is 0. The molecule has 0 aromatic heterocycles. The normalized spacial score (nSPS) is 10.8. The van der Waals surface area contributed by atoms with E-state index in [4.69, 9.17) is 4.74 Å². The molecule has 0 heterocycles. The van der Waals surface area contributed by atoms with Crippen molar-refractivity contribution in [1.29, 1.82) is 0 Å². The summed E-state index contributed by atoms with van der Waals surface area (Å²) in [5.41, 5.74) is 0. The molecule has 0 aliphatic carbocycles. The van der Waals surface area contributed by atoms with Crippen LogP contribution in [-0.2, 0) is 14.3 Å². The number of rotatable bonds is 17. The van der Waals surface area contributed by atoms with Gasteiger partial charge in [-0.1, -0.05) is 6.92 Å². The van der Waals surface area contributed by atoms with Gasteiger partial charge >= 0.3 is 0 Å². The monoisotopic (exact) mass is 348 g/mol. The molecule has 0 aliphatic heterocycles. The predicted octanol–water partition coefficient (Wildman–Crippen LogP) is 4.38. The Hall–Kier alpha value is 0. The van der Waals surface area contributed by atoms with E-state index in [2.05, 4.69) is 6.26 Å². The fourth-order valence-corrected chi connectivity index (χ4v) is 3.51. The molecule has 3 nitrogen and oxygen atoms in total. The Morgan fingerprint density at radius 1 is 0.818 bits per heavy atom. The van der Waals surface area contributed by atoms with Gasteiger partial charge in [0.05, 0.1) is 0 Å². The first kappa shape index (κ1) is 22.0. The van der Waals surface area contributed by atoms with E-state index in [1.165, 1.54) is 12.2 Å². The second-order valence-electron chi connectivity index (χ2n) is 5.36. The van der Waals surface area contributed by atoms with Crippen molar-refractivity contribution in [2.24, 2.45) is 0 Å². The fraction of sp³-hybridized carbons (Fsp3) is 0.882. The smallest absolute Gasteiger partial charge is 0.133 e. The number of thioether (sulfide) groups is 2. The van der Waals surface area contributed by atoms with Crippen LogP contribution in [0.25, 0.3) is 0 Å². The number of ether oxygens (including phenoxy) is 1. The second-order valence-corrected chi connectivity index (χ2v) is 7.57. The quantitative estimate of drug-likeness (QED) is 0.365. The van der Waals surface area contributed by atoms with Gasteiger partial charge in [-0.05, 0) is 43.4 Å². The molecule has 0 saturated carbocycles. The molecule has 0 unspecified atom stereocenters. The molecule has 0 aliphatic rings. The summed E-state index contributed by atoms with van der Waals surface area (Å²) in [6.07, 6.45) is 8.52. The maximum Gasteiger partial charge on any atom is 0.133 e. The number of carbonyl (C=O) groups excluding carboxylic acids is 2. The summed E-state index contributed by atoms with van der Waals surface area (Å²) < 4.78 is 5.47. The maximum atomic E-state index is 11.7. The molecule has 0 aromatic carbocycles. The number of Topliss-reactive ketones (excluding diaryl/α,β-unsaturated/α-hetero) is 2. The van der Waals surface area contributed by atoms with Crippen LogP contribution in [0.1, 0.15) is 58.3 Å². The van der Waals surface area contributed by atoms with Crippen LogP contribution >= 0.6 is 23.5 Å². The lowest BCUT2D eigenvalue weighted by Crippen LogP contribution is -2.05. The third-order valence-corrected chi connectivity index (χ3v) is 4.95. The molecule has 0 N–H and O–H groups in total. The Labute approximate surface area is 144 Å². The van der Waals surface area contributed by atoms with Gasteiger partial charge in [-0.2, -0.15) is 23.5 Å². The third kappa shape index (κ3) is 16.4. The highest BCUT2D eigenvalue weighted by molar-refractivity contribution is 7.99. The van der Waals surface area contributed by atoms with Crippen LogP contribution in [0, 0.1) is 0 Å². The molecular weight excluding hydrogens is 316 g/mol. The number of ketones is 2. The number of hydrogen-bond acceptors (Lipinski definition) is 5. The van der Waals surface area contributed by atoms with Crippen LogP contribution < -0.4 is 0 Å². The van der Waals surface area contributed by atoms with E-state index in [0.717, 1.165) is 30.8 Å². The lowest BCUT2D eigenvalue weighted by Gasteiger charge is -2.04. The predicted molar refractivity (Wildman–Crippen MR) is 99.2 cm³/mol. The molecule has 22 heavy (non-hydrogen) atoms. The topological polar surface area (TPSA) is 43.4 Å². The van der Waals surface area contributed by atoms with Crippen LogP contribution in [0.2, 0.25) is 0 Å². The molecule has 0 fully saturated rings. The van der Waals surface area contributed by atoms with Crippen LogP contribution in [0.4, 0.5) is 0 Å². The van der Waals surface area contributed by atoms with Gasteiger partial charge in [-0.25, -0.2) is 0 Å². The zero-order chi connectivity index (χ0) is 16.5. The van der Waals surface area contributed by atoms with Crippen molar-refractivity contribution >= 4 is 35.1 Å². The van der Waals surface area contributed by atoms with Crippen LogP contribution in [0.15, 0.2) is 0 Å². The van der Waals surface area contributed by atoms with E-state index < -0.39 is 0 Å². The van der Waals surface area contributed by atoms with E-state index in [1.54, 1.807) is 0 Å². The van der Waals surface area contributed by atoms with Gasteiger partial charge in [0.25, 0.3) is 0 Å². The standard InChI is InChI=1S/C17H32O3S2/c1-3-7-16(18)8-4-11-20-12-5-9-17(19)10-15-22-14-6-13-21-2/h3-15H2,1-2H3. The number of carbonyl (C=O) groups is 2. The van der Waals surface area contributed by atoms with E-state index in [0.29, 0.717) is 50.5 Å². The Kier molecular flexibility index (Phi) is 17.4. The van der Waals surface area contributed by atoms with Gasteiger partial charge in [0.15, 0.2) is 0 Å². The molecular formula is C17H32O3S2. The van der Waals surface area contributed by atoms with Gasteiger partial charge < -0.3 is 4.74 Å². The number of hydrogen-bond donors (Lipinski definition) is 0. The molecule has 0 saturated heterocycles. The Balaban J connectivity index is 3.23. The molecule has 0 atom stereocenters. The molecule has 0 radical (unpaired) electrons. The SMILES string of the molecule is CCCC(=O)CCCOCCCC(=O)CCSCCCSC. The Bertz CT molecular complexity index is 283. The first-order valence-corrected chi connectivity index (χ1v) is 10.9. The summed E-state index contributed by atoms with van der Waals surface area (Å²) in [4.78, 5) is 23.0. The molecule has 0 spiro atoms. The fourth-order valence-electron chi connectivity index (χ4n) is 1.97. The lowest BCUT2D eigenvalue weighted by atomic mass is 10.1. The van der Waals surface area contributed by atoms with E-state index in [-0.39, 0.29) is 0 Å². The third-order valence-electron chi connectivity index (χ3n) is 3.18. The van der Waals surface area contributed by atoms with Crippen molar-refractivity contribution in [2.75, 3.05) is 36.7 Å². The van der Waals surface area contributed by atoms with E-state index in [9.17, 15) is 9.59 Å². The van der Waals surface area contributed by atoms with Crippen molar-refractivity contribution in [3.8, 4) is 0 Å². The molecule has 0 amide bonds. The first-order valence-electron chi connectivity index (χ1n) is 8.38. The minimum absolute atomic E-state index is 0.330. The van der Waals surface area contributed by atoms with Gasteiger partial charge in [-0.15, -0.1) is 0 Å². The summed E-state index contributed by atoms with van der Waals surface area (Å²) in [5, 5.41) is 0. The van der Waals surface area contributed by atoms with Crippen molar-refractivity contribution in [1.82, 2.24) is 0 Å². The zero-order valence-electron chi connectivity index (χ0n) is 14.2. The van der Waals surface area contributed by atoms with Crippen molar-refractivity contribution in [3.05, 3.63) is 0 Å². The first-order chi connectivity index (χ1) is 10.7. The average Bonchev–Trinajstić information content (AvgIpc) is 2.50. The zero-order valence-corrected chi connectivity index (χ0v) is 15.9. The molecule has 0 bridgehead atoms. The molecule has 0 aromatic rings. The summed E-state index contributed by atoms with van der Waals surface area (Å²) in [5.74, 6) is 4.00. The average molecular weight is 349 g/mol. The lowest BCUT2D eigenvalue weighted by molar-refractivity contribution is -0.119. The van der Waals surface area contributed by atoms with E-state index in [1.807, 2.05) is 30.4 Å². The molecule has 130 valence electrons. The van der Waals surface area contributed by atoms with Crippen LogP contribution in [0.3, 0.4) is 0 Å². The van der Waals surface area contributed by atoms with E-state index >= 15 is 0 Å². The molecule has 5 heteroatoms.